The summed E-state index contributed by atoms with van der Waals surface area (Å²) in [5, 5.41) is 22.3. The number of aryl methyl sites for hydroxylation is 1. The van der Waals surface area contributed by atoms with Gasteiger partial charge in [0.15, 0.2) is 10.7 Å². The van der Waals surface area contributed by atoms with Crippen LogP contribution in [0.3, 0.4) is 0 Å². The minimum Gasteiger partial charge on any atom is -0.365 e. The highest BCUT2D eigenvalue weighted by Gasteiger charge is 2.36. The number of hydrogen-bond acceptors (Lipinski definition) is 8. The van der Waals surface area contributed by atoms with E-state index in [9.17, 15) is 32.9 Å². The van der Waals surface area contributed by atoms with Crippen LogP contribution in [0.15, 0.2) is 12.3 Å². The summed E-state index contributed by atoms with van der Waals surface area (Å²) in [7, 11) is 1.58. The van der Waals surface area contributed by atoms with Crippen molar-refractivity contribution >= 4 is 56.5 Å². The predicted molar refractivity (Wildman–Crippen MR) is 118 cm³/mol. The topological polar surface area (TPSA) is 175 Å². The number of fused-ring (bicyclic) bond motifs is 1. The molecule has 4 N–H and O–H groups in total. The number of pyridine rings is 1. The molecular weight excluding hydrogens is 517 g/mol. The smallest absolute Gasteiger partial charge is 0.365 e. The molecule has 4 aromatic heterocycles. The lowest BCUT2D eigenvalue weighted by atomic mass is 10.0. The van der Waals surface area contributed by atoms with Gasteiger partial charge in [-0.25, -0.2) is 4.98 Å². The van der Waals surface area contributed by atoms with E-state index in [1.54, 1.807) is 14.0 Å². The minimum atomic E-state index is -4.82. The van der Waals surface area contributed by atoms with Crippen molar-refractivity contribution in [3.8, 4) is 11.1 Å². The summed E-state index contributed by atoms with van der Waals surface area (Å²) in [6.07, 6.45) is -3.49. The molecule has 12 nitrogen and oxygen atoms in total. The molecule has 0 aliphatic heterocycles. The lowest BCUT2D eigenvalue weighted by Gasteiger charge is -2.12. The lowest BCUT2D eigenvalue weighted by Crippen LogP contribution is -2.17. The van der Waals surface area contributed by atoms with Crippen molar-refractivity contribution < 1.29 is 27.7 Å². The number of hydrogen-bond donors (Lipinski definition) is 3. The van der Waals surface area contributed by atoms with E-state index in [0.717, 1.165) is 6.07 Å². The molecule has 35 heavy (non-hydrogen) atoms. The monoisotopic (exact) mass is 528 g/mol. The van der Waals surface area contributed by atoms with Gasteiger partial charge >= 0.3 is 12.0 Å². The minimum absolute atomic E-state index is 0.0117. The summed E-state index contributed by atoms with van der Waals surface area (Å²) in [6.45, 7) is 1.62. The van der Waals surface area contributed by atoms with E-state index in [2.05, 4.69) is 20.5 Å². The van der Waals surface area contributed by atoms with E-state index in [0.29, 0.717) is 17.0 Å². The van der Waals surface area contributed by atoms with E-state index in [4.69, 9.17) is 17.3 Å². The molecule has 0 fully saturated rings. The number of rotatable bonds is 5. The lowest BCUT2D eigenvalue weighted by molar-refractivity contribution is -0.389. The van der Waals surface area contributed by atoms with Crippen molar-refractivity contribution in [3.63, 3.8) is 0 Å². The zero-order valence-corrected chi connectivity index (χ0v) is 19.1. The van der Waals surface area contributed by atoms with Gasteiger partial charge in [0, 0.05) is 23.7 Å². The number of amides is 2. The Kier molecular flexibility index (Phi) is 5.72. The Balaban J connectivity index is 1.98. The van der Waals surface area contributed by atoms with Crippen molar-refractivity contribution in [2.75, 3.05) is 5.32 Å². The molecule has 182 valence electrons. The number of halogens is 4. The number of nitrogens with two attached hydrogens (primary N) is 1. The molecule has 4 heterocycles. The van der Waals surface area contributed by atoms with Crippen molar-refractivity contribution in [3.05, 3.63) is 49.4 Å². The Bertz CT molecular complexity index is 1540. The van der Waals surface area contributed by atoms with Gasteiger partial charge in [-0.2, -0.15) is 18.3 Å². The Morgan fingerprint density at radius 1 is 1.34 bits per heavy atom. The number of aromatic nitrogens is 5. The van der Waals surface area contributed by atoms with Crippen LogP contribution in [-0.4, -0.2) is 41.7 Å². The highest BCUT2D eigenvalue weighted by molar-refractivity contribution is 7.21. The fraction of sp³-hybridized carbons (Fsp3) is 0.167. The number of thiophene rings is 1. The quantitative estimate of drug-likeness (QED) is 0.261. The maximum atomic E-state index is 13.6. The standard InChI is InChI=1S/C18H12ClF3N8O4S/c1-5-7(4-24-29(5)2)6-3-8(18(20,21)22)25-17-9(6)11(13(35-17)14(23)31)26-16(32)12-10(19)15(28-27-12)30(33)34/h3-4H,1-2H3,(H2,23,31)(H,26,32)(H,27,28). The van der Waals surface area contributed by atoms with Crippen LogP contribution in [0, 0.1) is 17.0 Å². The first-order valence-electron chi connectivity index (χ1n) is 9.34. The van der Waals surface area contributed by atoms with Gasteiger partial charge in [-0.05, 0) is 23.5 Å². The molecule has 0 aromatic carbocycles. The zero-order valence-electron chi connectivity index (χ0n) is 17.5. The van der Waals surface area contributed by atoms with Gasteiger partial charge in [0.2, 0.25) is 0 Å². The number of nitrogens with one attached hydrogen (secondary N) is 2. The van der Waals surface area contributed by atoms with Crippen LogP contribution in [0.2, 0.25) is 5.02 Å². The molecule has 0 aliphatic carbocycles. The second-order valence-corrected chi connectivity index (χ2v) is 8.49. The molecule has 0 atom stereocenters. The van der Waals surface area contributed by atoms with Crippen LogP contribution in [0.25, 0.3) is 21.3 Å². The number of alkyl halides is 3. The maximum absolute atomic E-state index is 13.6. The van der Waals surface area contributed by atoms with Gasteiger partial charge in [-0.1, -0.05) is 16.7 Å². The molecule has 0 saturated heterocycles. The molecule has 0 spiro atoms. The predicted octanol–water partition coefficient (Wildman–Crippen LogP) is 3.66. The fourth-order valence-corrected chi connectivity index (χ4v) is 4.52. The van der Waals surface area contributed by atoms with Gasteiger partial charge in [0.25, 0.3) is 11.8 Å². The van der Waals surface area contributed by atoms with E-state index in [1.165, 1.54) is 10.9 Å². The highest BCUT2D eigenvalue weighted by Crippen LogP contribution is 2.44. The summed E-state index contributed by atoms with van der Waals surface area (Å²) >= 11 is 6.40. The molecule has 4 aromatic rings. The molecule has 0 aliphatic rings. The summed E-state index contributed by atoms with van der Waals surface area (Å²) in [4.78, 5) is 38.2. The average Bonchev–Trinajstić information content (AvgIpc) is 3.43. The Hall–Kier alpha value is -4.05. The molecule has 0 radical (unpaired) electrons. The third-order valence-electron chi connectivity index (χ3n) is 5.03. The van der Waals surface area contributed by atoms with Gasteiger partial charge in [-0.15, -0.1) is 16.4 Å². The van der Waals surface area contributed by atoms with Crippen LogP contribution in [0.5, 0.6) is 0 Å². The normalized spacial score (nSPS) is 11.7. The van der Waals surface area contributed by atoms with Crippen molar-refractivity contribution in [2.45, 2.75) is 13.1 Å². The molecule has 0 saturated carbocycles. The van der Waals surface area contributed by atoms with Crippen molar-refractivity contribution in [1.29, 1.82) is 0 Å². The van der Waals surface area contributed by atoms with Gasteiger partial charge in [0.05, 0.1) is 11.9 Å². The number of carbonyl (C=O) groups is 2. The van der Waals surface area contributed by atoms with Crippen LogP contribution in [-0.2, 0) is 13.2 Å². The molecular formula is C18H12ClF3N8O4S. The summed E-state index contributed by atoms with van der Waals surface area (Å²) in [5.74, 6) is -2.87. The largest absolute Gasteiger partial charge is 0.433 e. The number of primary amides is 1. The molecule has 4 rings (SSSR count). The zero-order chi connectivity index (χ0) is 25.8. The van der Waals surface area contributed by atoms with E-state index in [1.807, 2.05) is 5.10 Å². The number of H-pyrrole nitrogens is 1. The Morgan fingerprint density at radius 3 is 2.54 bits per heavy atom. The first kappa shape index (κ1) is 24.1. The highest BCUT2D eigenvalue weighted by atomic mass is 35.5. The van der Waals surface area contributed by atoms with Gasteiger partial charge < -0.3 is 21.2 Å². The number of nitrogens with zero attached hydrogens (tertiary/aromatic N) is 5. The Morgan fingerprint density at radius 2 is 2.03 bits per heavy atom. The Labute approximate surface area is 201 Å². The molecule has 0 unspecified atom stereocenters. The van der Waals surface area contributed by atoms with Crippen LogP contribution in [0.4, 0.5) is 24.7 Å². The second kappa shape index (κ2) is 8.31. The number of nitro groups is 1. The summed E-state index contributed by atoms with van der Waals surface area (Å²) < 4.78 is 42.2. The number of aromatic amines is 1. The maximum Gasteiger partial charge on any atom is 0.433 e. The summed E-state index contributed by atoms with van der Waals surface area (Å²) in [5.41, 5.74) is 4.12. The fourth-order valence-electron chi connectivity index (χ4n) is 3.28. The van der Waals surface area contributed by atoms with Crippen LogP contribution < -0.4 is 11.1 Å². The molecule has 2 amide bonds. The van der Waals surface area contributed by atoms with Crippen LogP contribution in [0.1, 0.15) is 31.5 Å². The van der Waals surface area contributed by atoms with Crippen molar-refractivity contribution in [2.24, 2.45) is 12.8 Å². The second-order valence-electron chi connectivity index (χ2n) is 7.12. The van der Waals surface area contributed by atoms with E-state index in [-0.39, 0.29) is 31.9 Å². The molecule has 17 heteroatoms. The average molecular weight is 529 g/mol. The summed E-state index contributed by atoms with van der Waals surface area (Å²) in [6, 6.07) is 0.770. The number of carbonyl (C=O) groups excluding carboxylic acids is 2. The first-order valence-corrected chi connectivity index (χ1v) is 10.5. The van der Waals surface area contributed by atoms with E-state index < -0.39 is 45.1 Å². The van der Waals surface area contributed by atoms with E-state index >= 15 is 0 Å². The number of anilines is 1. The third kappa shape index (κ3) is 4.06. The first-order chi connectivity index (χ1) is 16.3. The van der Waals surface area contributed by atoms with Crippen LogP contribution >= 0.6 is 22.9 Å². The van der Waals surface area contributed by atoms with Gasteiger partial charge in [0.1, 0.15) is 15.4 Å². The molecule has 0 bridgehead atoms. The SMILES string of the molecule is Cc1c(-c2cc(C(F)(F)F)nc3sc(C(N)=O)c(NC(=O)c4n[nH]c([N+](=O)[O-])c4Cl)c23)cnn1C. The van der Waals surface area contributed by atoms with Gasteiger partial charge in [-0.3, -0.25) is 14.3 Å². The van der Waals surface area contributed by atoms with Crippen molar-refractivity contribution in [1.82, 2.24) is 25.0 Å². The third-order valence-corrected chi connectivity index (χ3v) is 6.48.